The molecule has 2 saturated heterocycles. The smallest absolute Gasteiger partial charge is 0.0482 e. The summed E-state index contributed by atoms with van der Waals surface area (Å²) in [5, 5.41) is 0.762. The zero-order valence-electron chi connectivity index (χ0n) is 12.3. The lowest BCUT2D eigenvalue weighted by atomic mass is 9.97. The van der Waals surface area contributed by atoms with Gasteiger partial charge in [-0.1, -0.05) is 40.0 Å². The molecule has 0 amide bonds. The van der Waals surface area contributed by atoms with E-state index in [-0.39, 0.29) is 6.04 Å². The Kier molecular flexibility index (Phi) is 5.23. The number of hydrogen-bond acceptors (Lipinski definition) is 3. The van der Waals surface area contributed by atoms with E-state index in [2.05, 4.69) is 31.8 Å². The molecule has 3 nitrogen and oxygen atoms in total. The normalized spacial score (nSPS) is 25.6. The number of piperazine rings is 1. The lowest BCUT2D eigenvalue weighted by Crippen LogP contribution is -2.56. The minimum Gasteiger partial charge on any atom is -0.329 e. The van der Waals surface area contributed by atoms with E-state index in [1.165, 1.54) is 37.9 Å². The molecule has 0 spiro atoms. The first-order chi connectivity index (χ1) is 10.2. The van der Waals surface area contributed by atoms with E-state index in [0.717, 1.165) is 22.6 Å². The molecule has 1 aromatic carbocycles. The van der Waals surface area contributed by atoms with Crippen molar-refractivity contribution in [2.24, 2.45) is 5.73 Å². The van der Waals surface area contributed by atoms with Gasteiger partial charge in [-0.3, -0.25) is 9.80 Å². The maximum Gasteiger partial charge on any atom is 0.0482 e. The average molecular weight is 373 g/mol. The summed E-state index contributed by atoms with van der Waals surface area (Å²) in [6.07, 6.45) is 4.06. The lowest BCUT2D eigenvalue weighted by molar-refractivity contribution is 0.0285. The number of halogens is 2. The third-order valence-corrected chi connectivity index (χ3v) is 5.78. The molecule has 5 heteroatoms. The summed E-state index contributed by atoms with van der Waals surface area (Å²) in [7, 11) is 0. The van der Waals surface area contributed by atoms with Gasteiger partial charge in [0.2, 0.25) is 0 Å². The zero-order chi connectivity index (χ0) is 14.8. The van der Waals surface area contributed by atoms with Gasteiger partial charge < -0.3 is 5.73 Å². The molecule has 116 valence electrons. The first-order valence-corrected chi connectivity index (χ1v) is 8.99. The number of nitrogens with zero attached hydrogens (tertiary/aromatic N) is 2. The first kappa shape index (κ1) is 15.8. The number of benzene rings is 1. The molecular weight excluding hydrogens is 350 g/mol. The Hall–Kier alpha value is -0.130. The maximum absolute atomic E-state index is 6.10. The fourth-order valence-electron chi connectivity index (χ4n) is 3.71. The molecule has 21 heavy (non-hydrogen) atoms. The van der Waals surface area contributed by atoms with Crippen molar-refractivity contribution in [2.75, 3.05) is 32.7 Å². The second kappa shape index (κ2) is 6.97. The molecule has 2 heterocycles. The van der Waals surface area contributed by atoms with E-state index < -0.39 is 0 Å². The third kappa shape index (κ3) is 3.45. The zero-order valence-corrected chi connectivity index (χ0v) is 14.6. The summed E-state index contributed by atoms with van der Waals surface area (Å²) in [4.78, 5) is 5.21. The quantitative estimate of drug-likeness (QED) is 0.884. The number of piperidine rings is 1. The molecule has 1 aromatic rings. The molecule has 3 rings (SSSR count). The van der Waals surface area contributed by atoms with E-state index in [9.17, 15) is 0 Å². The Morgan fingerprint density at radius 3 is 2.90 bits per heavy atom. The summed E-state index contributed by atoms with van der Waals surface area (Å²) >= 11 is 9.71. The molecular formula is C16H23BrClN3. The van der Waals surface area contributed by atoms with Crippen LogP contribution in [-0.2, 0) is 0 Å². The van der Waals surface area contributed by atoms with Crippen LogP contribution in [0.5, 0.6) is 0 Å². The number of fused-ring (bicyclic) bond motifs is 1. The van der Waals surface area contributed by atoms with E-state index in [1.54, 1.807) is 0 Å². The Balaban J connectivity index is 1.77. The molecule has 2 fully saturated rings. The van der Waals surface area contributed by atoms with Gasteiger partial charge in [-0.25, -0.2) is 0 Å². The summed E-state index contributed by atoms with van der Waals surface area (Å²) in [6, 6.07) is 7.03. The van der Waals surface area contributed by atoms with Crippen LogP contribution in [0.1, 0.15) is 30.9 Å². The van der Waals surface area contributed by atoms with Crippen LogP contribution < -0.4 is 5.73 Å². The van der Waals surface area contributed by atoms with Crippen molar-refractivity contribution in [3.8, 4) is 0 Å². The minimum atomic E-state index is 0.278. The van der Waals surface area contributed by atoms with Crippen LogP contribution in [-0.4, -0.2) is 48.6 Å². The Morgan fingerprint density at radius 1 is 1.29 bits per heavy atom. The molecule has 0 bridgehead atoms. The molecule has 0 radical (unpaired) electrons. The maximum atomic E-state index is 6.10. The van der Waals surface area contributed by atoms with Gasteiger partial charge in [-0.05, 0) is 37.1 Å². The highest BCUT2D eigenvalue weighted by atomic mass is 79.9. The van der Waals surface area contributed by atoms with E-state index in [0.29, 0.717) is 12.6 Å². The Morgan fingerprint density at radius 2 is 2.14 bits per heavy atom. The van der Waals surface area contributed by atoms with Gasteiger partial charge in [0.25, 0.3) is 0 Å². The predicted octanol–water partition coefficient (Wildman–Crippen LogP) is 3.27. The van der Waals surface area contributed by atoms with Gasteiger partial charge >= 0.3 is 0 Å². The fraction of sp³-hybridized carbons (Fsp3) is 0.625. The second-order valence-electron chi connectivity index (χ2n) is 6.10. The van der Waals surface area contributed by atoms with Crippen LogP contribution in [0, 0.1) is 0 Å². The topological polar surface area (TPSA) is 32.5 Å². The first-order valence-electron chi connectivity index (χ1n) is 7.82. The van der Waals surface area contributed by atoms with Crippen LogP contribution in [0.2, 0.25) is 5.02 Å². The molecule has 2 unspecified atom stereocenters. The monoisotopic (exact) mass is 371 g/mol. The van der Waals surface area contributed by atoms with E-state index >= 15 is 0 Å². The minimum absolute atomic E-state index is 0.278. The van der Waals surface area contributed by atoms with Gasteiger partial charge in [-0.15, -0.1) is 0 Å². The standard InChI is InChI=1S/C16H23BrClN3/c17-15-9-12(18)4-5-14(15)16(10-19)21-8-7-20-6-2-1-3-13(20)11-21/h4-5,9,13,16H,1-3,6-8,10-11,19H2. The third-order valence-electron chi connectivity index (χ3n) is 4.85. The van der Waals surface area contributed by atoms with Crippen molar-refractivity contribution in [1.82, 2.24) is 9.80 Å². The molecule has 2 N–H and O–H groups in total. The van der Waals surface area contributed by atoms with Crippen molar-refractivity contribution < 1.29 is 0 Å². The van der Waals surface area contributed by atoms with Gasteiger partial charge in [0.15, 0.2) is 0 Å². The molecule has 2 aliphatic heterocycles. The van der Waals surface area contributed by atoms with Gasteiger partial charge in [-0.2, -0.15) is 0 Å². The van der Waals surface area contributed by atoms with Crippen LogP contribution in [0.15, 0.2) is 22.7 Å². The second-order valence-corrected chi connectivity index (χ2v) is 7.39. The highest BCUT2D eigenvalue weighted by Gasteiger charge is 2.32. The van der Waals surface area contributed by atoms with Gasteiger partial charge in [0.05, 0.1) is 0 Å². The average Bonchev–Trinajstić information content (AvgIpc) is 2.50. The van der Waals surface area contributed by atoms with Crippen molar-refractivity contribution in [1.29, 1.82) is 0 Å². The van der Waals surface area contributed by atoms with Crippen LogP contribution in [0.4, 0.5) is 0 Å². The van der Waals surface area contributed by atoms with Gasteiger partial charge in [0, 0.05) is 47.8 Å². The summed E-state index contributed by atoms with van der Waals surface area (Å²) in [5.41, 5.74) is 7.36. The predicted molar refractivity (Wildman–Crippen MR) is 91.7 cm³/mol. The molecule has 0 aromatic heterocycles. The Labute approximate surface area is 140 Å². The van der Waals surface area contributed by atoms with E-state index in [4.69, 9.17) is 17.3 Å². The molecule has 0 aliphatic carbocycles. The number of hydrogen-bond donors (Lipinski definition) is 1. The van der Waals surface area contributed by atoms with Crippen LogP contribution in [0.25, 0.3) is 0 Å². The van der Waals surface area contributed by atoms with Crippen molar-refractivity contribution in [3.05, 3.63) is 33.3 Å². The molecule has 2 aliphatic rings. The Bertz CT molecular complexity index is 496. The summed E-state index contributed by atoms with van der Waals surface area (Å²) < 4.78 is 1.07. The highest BCUT2D eigenvalue weighted by molar-refractivity contribution is 9.10. The summed E-state index contributed by atoms with van der Waals surface area (Å²) in [6.45, 7) is 5.33. The van der Waals surface area contributed by atoms with Crippen molar-refractivity contribution >= 4 is 27.5 Å². The number of nitrogens with two attached hydrogens (primary N) is 1. The molecule has 0 saturated carbocycles. The van der Waals surface area contributed by atoms with Crippen LogP contribution >= 0.6 is 27.5 Å². The number of rotatable bonds is 3. The van der Waals surface area contributed by atoms with Crippen molar-refractivity contribution in [2.45, 2.75) is 31.3 Å². The highest BCUT2D eigenvalue weighted by Crippen LogP contribution is 2.32. The fourth-order valence-corrected chi connectivity index (χ4v) is 4.65. The van der Waals surface area contributed by atoms with Crippen molar-refractivity contribution in [3.63, 3.8) is 0 Å². The largest absolute Gasteiger partial charge is 0.329 e. The SMILES string of the molecule is NCC(c1ccc(Cl)cc1Br)N1CCN2CCCCC2C1. The van der Waals surface area contributed by atoms with Crippen LogP contribution in [0.3, 0.4) is 0 Å². The molecule has 2 atom stereocenters. The lowest BCUT2D eigenvalue weighted by Gasteiger charge is -2.46. The van der Waals surface area contributed by atoms with E-state index in [1.807, 2.05) is 12.1 Å². The summed E-state index contributed by atoms with van der Waals surface area (Å²) in [5.74, 6) is 0. The van der Waals surface area contributed by atoms with Gasteiger partial charge in [0.1, 0.15) is 0 Å².